The van der Waals surface area contributed by atoms with Crippen LogP contribution < -0.4 is 10.6 Å². The van der Waals surface area contributed by atoms with E-state index in [1.807, 2.05) is 35.7 Å². The maximum Gasteiger partial charge on any atom is 0.252 e. The van der Waals surface area contributed by atoms with E-state index >= 15 is 0 Å². The normalized spacial score (nSPS) is 10.0. The van der Waals surface area contributed by atoms with Gasteiger partial charge in [0.15, 0.2) is 0 Å². The van der Waals surface area contributed by atoms with Crippen LogP contribution in [-0.4, -0.2) is 18.4 Å². The third-order valence-electron chi connectivity index (χ3n) is 2.75. The highest BCUT2D eigenvalue weighted by atomic mass is 32.1. The van der Waals surface area contributed by atoms with Gasteiger partial charge in [-0.25, -0.2) is 0 Å². The molecule has 0 aliphatic carbocycles. The van der Waals surface area contributed by atoms with Crippen molar-refractivity contribution < 1.29 is 9.59 Å². The number of carbonyl (C=O) groups is 2. The third-order valence-corrected chi connectivity index (χ3v) is 3.44. The van der Waals surface area contributed by atoms with Crippen LogP contribution in [0.25, 0.3) is 0 Å². The van der Waals surface area contributed by atoms with Crippen LogP contribution >= 0.6 is 11.3 Å². The summed E-state index contributed by atoms with van der Waals surface area (Å²) in [5.74, 6) is -0.207. The molecule has 1 heterocycles. The van der Waals surface area contributed by atoms with Crippen molar-refractivity contribution in [1.82, 2.24) is 10.6 Å². The van der Waals surface area contributed by atoms with Crippen LogP contribution in [0.5, 0.6) is 0 Å². The molecule has 0 saturated heterocycles. The van der Waals surface area contributed by atoms with Crippen molar-refractivity contribution in [3.05, 3.63) is 58.3 Å². The molecule has 0 aliphatic rings. The Bertz CT molecular complexity index is 553. The Kier molecular flexibility index (Phi) is 5.32. The van der Waals surface area contributed by atoms with Gasteiger partial charge in [0.25, 0.3) is 5.91 Å². The lowest BCUT2D eigenvalue weighted by Crippen LogP contribution is -2.30. The number of hydrogen-bond acceptors (Lipinski definition) is 3. The van der Waals surface area contributed by atoms with Gasteiger partial charge < -0.3 is 10.6 Å². The standard InChI is InChI=1S/C15H16N2O2S/c18-14(17-10-12-4-2-1-3-5-12)6-8-16-15(19)13-7-9-20-11-13/h1-5,7,9,11H,6,8,10H2,(H,16,19)(H,17,18). The molecule has 104 valence electrons. The Morgan fingerprint density at radius 1 is 1.05 bits per heavy atom. The van der Waals surface area contributed by atoms with E-state index < -0.39 is 0 Å². The van der Waals surface area contributed by atoms with Crippen LogP contribution in [0, 0.1) is 0 Å². The van der Waals surface area contributed by atoms with E-state index in [1.54, 1.807) is 11.4 Å². The number of benzene rings is 1. The Labute approximate surface area is 121 Å². The number of hydrogen-bond donors (Lipinski definition) is 2. The Balaban J connectivity index is 1.64. The summed E-state index contributed by atoms with van der Waals surface area (Å²) in [5.41, 5.74) is 1.70. The van der Waals surface area contributed by atoms with E-state index in [2.05, 4.69) is 10.6 Å². The molecule has 2 aromatic rings. The highest BCUT2D eigenvalue weighted by Crippen LogP contribution is 2.05. The largest absolute Gasteiger partial charge is 0.352 e. The molecule has 5 heteroatoms. The highest BCUT2D eigenvalue weighted by molar-refractivity contribution is 7.08. The zero-order chi connectivity index (χ0) is 14.2. The van der Waals surface area contributed by atoms with Gasteiger partial charge in [0.1, 0.15) is 0 Å². The molecule has 0 bridgehead atoms. The second kappa shape index (κ2) is 7.45. The van der Waals surface area contributed by atoms with E-state index in [9.17, 15) is 9.59 Å². The van der Waals surface area contributed by atoms with Crippen LogP contribution in [0.4, 0.5) is 0 Å². The lowest BCUT2D eigenvalue weighted by atomic mass is 10.2. The Morgan fingerprint density at radius 3 is 2.55 bits per heavy atom. The van der Waals surface area contributed by atoms with Crippen molar-refractivity contribution in [2.24, 2.45) is 0 Å². The molecular weight excluding hydrogens is 272 g/mol. The van der Waals surface area contributed by atoms with Crippen molar-refractivity contribution in [3.8, 4) is 0 Å². The number of thiophene rings is 1. The van der Waals surface area contributed by atoms with Gasteiger partial charge >= 0.3 is 0 Å². The van der Waals surface area contributed by atoms with Gasteiger partial charge in [-0.1, -0.05) is 30.3 Å². The summed E-state index contributed by atoms with van der Waals surface area (Å²) < 4.78 is 0. The maximum atomic E-state index is 11.6. The van der Waals surface area contributed by atoms with E-state index in [4.69, 9.17) is 0 Å². The first-order valence-electron chi connectivity index (χ1n) is 6.37. The minimum Gasteiger partial charge on any atom is -0.352 e. The number of nitrogens with one attached hydrogen (secondary N) is 2. The molecule has 20 heavy (non-hydrogen) atoms. The van der Waals surface area contributed by atoms with Crippen LogP contribution in [0.3, 0.4) is 0 Å². The van der Waals surface area contributed by atoms with Gasteiger partial charge in [0, 0.05) is 30.5 Å². The lowest BCUT2D eigenvalue weighted by Gasteiger charge is -2.06. The second-order valence-corrected chi connectivity index (χ2v) is 5.06. The molecule has 0 atom stereocenters. The van der Waals surface area contributed by atoms with Crippen molar-refractivity contribution >= 4 is 23.2 Å². The zero-order valence-electron chi connectivity index (χ0n) is 11.0. The van der Waals surface area contributed by atoms with Crippen LogP contribution in [-0.2, 0) is 11.3 Å². The number of amides is 2. The van der Waals surface area contributed by atoms with Crippen LogP contribution in [0.1, 0.15) is 22.3 Å². The highest BCUT2D eigenvalue weighted by Gasteiger charge is 2.06. The molecule has 4 nitrogen and oxygen atoms in total. The summed E-state index contributed by atoms with van der Waals surface area (Å²) in [4.78, 5) is 23.3. The average molecular weight is 288 g/mol. The van der Waals surface area contributed by atoms with Gasteiger partial charge in [-0.2, -0.15) is 11.3 Å². The predicted octanol–water partition coefficient (Wildman–Crippen LogP) is 2.18. The van der Waals surface area contributed by atoms with Gasteiger partial charge in [0.05, 0.1) is 0 Å². The molecule has 2 N–H and O–H groups in total. The fraction of sp³-hybridized carbons (Fsp3) is 0.200. The first kappa shape index (κ1) is 14.3. The fourth-order valence-electron chi connectivity index (χ4n) is 1.67. The first-order chi connectivity index (χ1) is 9.75. The van der Waals surface area contributed by atoms with E-state index in [0.717, 1.165) is 5.56 Å². The molecule has 0 saturated carbocycles. The quantitative estimate of drug-likeness (QED) is 0.856. The summed E-state index contributed by atoms with van der Waals surface area (Å²) in [5, 5.41) is 9.17. The molecule has 0 radical (unpaired) electrons. The summed E-state index contributed by atoms with van der Waals surface area (Å²) in [7, 11) is 0. The predicted molar refractivity (Wildman–Crippen MR) is 79.6 cm³/mol. The third kappa shape index (κ3) is 4.51. The van der Waals surface area contributed by atoms with Crippen LogP contribution in [0.15, 0.2) is 47.2 Å². The molecule has 1 aromatic heterocycles. The molecule has 1 aromatic carbocycles. The average Bonchev–Trinajstić information content (AvgIpc) is 3.00. The Hall–Kier alpha value is -2.14. The minimum absolute atomic E-state index is 0.0699. The molecule has 0 spiro atoms. The smallest absolute Gasteiger partial charge is 0.252 e. The minimum atomic E-state index is -0.137. The zero-order valence-corrected chi connectivity index (χ0v) is 11.8. The van der Waals surface area contributed by atoms with E-state index in [-0.39, 0.29) is 18.2 Å². The van der Waals surface area contributed by atoms with Gasteiger partial charge in [-0.15, -0.1) is 0 Å². The van der Waals surface area contributed by atoms with Gasteiger partial charge in [-0.3, -0.25) is 9.59 Å². The Morgan fingerprint density at radius 2 is 1.85 bits per heavy atom. The van der Waals surface area contributed by atoms with Gasteiger partial charge in [0.2, 0.25) is 5.91 Å². The van der Waals surface area contributed by atoms with Crippen LogP contribution in [0.2, 0.25) is 0 Å². The first-order valence-corrected chi connectivity index (χ1v) is 7.31. The van der Waals surface area contributed by atoms with Crippen molar-refractivity contribution in [2.45, 2.75) is 13.0 Å². The summed E-state index contributed by atoms with van der Waals surface area (Å²) >= 11 is 1.47. The maximum absolute atomic E-state index is 11.6. The van der Waals surface area contributed by atoms with Crippen molar-refractivity contribution in [1.29, 1.82) is 0 Å². The number of rotatable bonds is 6. The topological polar surface area (TPSA) is 58.2 Å². The SMILES string of the molecule is O=C(CCNC(=O)c1ccsc1)NCc1ccccc1. The summed E-state index contributed by atoms with van der Waals surface area (Å²) in [6.07, 6.45) is 0.280. The molecule has 0 unspecified atom stereocenters. The molecule has 2 rings (SSSR count). The van der Waals surface area contributed by atoms with Gasteiger partial charge in [-0.05, 0) is 17.0 Å². The number of carbonyl (C=O) groups excluding carboxylic acids is 2. The fourth-order valence-corrected chi connectivity index (χ4v) is 2.31. The molecular formula is C15H16N2O2S. The molecule has 0 aliphatic heterocycles. The summed E-state index contributed by atoms with van der Waals surface area (Å²) in [6.45, 7) is 0.855. The second-order valence-electron chi connectivity index (χ2n) is 4.28. The van der Waals surface area contributed by atoms with E-state index in [0.29, 0.717) is 18.7 Å². The lowest BCUT2D eigenvalue weighted by molar-refractivity contribution is -0.121. The molecule has 2 amide bonds. The van der Waals surface area contributed by atoms with E-state index in [1.165, 1.54) is 11.3 Å². The summed E-state index contributed by atoms with van der Waals surface area (Å²) in [6, 6.07) is 11.5. The van der Waals surface area contributed by atoms with Crippen molar-refractivity contribution in [3.63, 3.8) is 0 Å². The van der Waals surface area contributed by atoms with Crippen molar-refractivity contribution in [2.75, 3.05) is 6.54 Å². The monoisotopic (exact) mass is 288 g/mol. The molecule has 0 fully saturated rings.